The molecular formula is C15H13ClN2O3S. The van der Waals surface area contributed by atoms with Crippen LogP contribution in [0.25, 0.3) is 11.4 Å². The van der Waals surface area contributed by atoms with Gasteiger partial charge in [-0.2, -0.15) is 0 Å². The zero-order valence-corrected chi connectivity index (χ0v) is 13.5. The van der Waals surface area contributed by atoms with E-state index in [0.29, 0.717) is 22.2 Å². The first-order valence-corrected chi connectivity index (χ1v) is 8.33. The van der Waals surface area contributed by atoms with E-state index in [9.17, 15) is 8.42 Å². The molecule has 0 aliphatic heterocycles. The van der Waals surface area contributed by atoms with Crippen LogP contribution in [-0.4, -0.2) is 17.5 Å². The van der Waals surface area contributed by atoms with Gasteiger partial charge >= 0.3 is 0 Å². The second-order valence-corrected chi connectivity index (χ2v) is 7.23. The summed E-state index contributed by atoms with van der Waals surface area (Å²) in [5.74, 6) is 0.589. The molecule has 0 amide bonds. The summed E-state index contributed by atoms with van der Waals surface area (Å²) in [6.07, 6.45) is 1.36. The molecule has 0 saturated carbocycles. The van der Waals surface area contributed by atoms with Gasteiger partial charge in [0.1, 0.15) is 11.5 Å². The zero-order valence-electron chi connectivity index (χ0n) is 11.9. The fourth-order valence-corrected chi connectivity index (χ4v) is 3.73. The highest BCUT2D eigenvalue weighted by molar-refractivity contribution is 7.90. The van der Waals surface area contributed by atoms with E-state index in [2.05, 4.69) is 5.16 Å². The molecule has 1 aromatic carbocycles. The monoisotopic (exact) mass is 336 g/mol. The first-order valence-electron chi connectivity index (χ1n) is 6.52. The lowest BCUT2D eigenvalue weighted by Crippen LogP contribution is -2.13. The first kappa shape index (κ1) is 14.9. The summed E-state index contributed by atoms with van der Waals surface area (Å²) in [5, 5.41) is 4.17. The van der Waals surface area contributed by atoms with E-state index in [0.717, 1.165) is 9.54 Å². The van der Waals surface area contributed by atoms with Crippen LogP contribution in [0.2, 0.25) is 5.02 Å². The van der Waals surface area contributed by atoms with Gasteiger partial charge < -0.3 is 4.52 Å². The van der Waals surface area contributed by atoms with Crippen molar-refractivity contribution in [3.05, 3.63) is 58.9 Å². The quantitative estimate of drug-likeness (QED) is 0.732. The van der Waals surface area contributed by atoms with Gasteiger partial charge in [-0.3, -0.25) is 0 Å². The molecule has 0 aliphatic rings. The third kappa shape index (κ3) is 2.55. The van der Waals surface area contributed by atoms with Crippen molar-refractivity contribution in [2.75, 3.05) is 0 Å². The van der Waals surface area contributed by atoms with E-state index in [-0.39, 0.29) is 4.90 Å². The number of aryl methyl sites for hydroxylation is 2. The van der Waals surface area contributed by atoms with Gasteiger partial charge in [0, 0.05) is 12.3 Å². The molecule has 0 saturated heterocycles. The molecule has 3 rings (SSSR count). The lowest BCUT2D eigenvalue weighted by Gasteiger charge is -2.09. The third-order valence-electron chi connectivity index (χ3n) is 3.22. The molecular weight excluding hydrogens is 324 g/mol. The van der Waals surface area contributed by atoms with Crippen molar-refractivity contribution in [3.63, 3.8) is 0 Å². The molecule has 114 valence electrons. The number of hydrogen-bond acceptors (Lipinski definition) is 4. The average molecular weight is 337 g/mol. The first-order chi connectivity index (χ1) is 10.4. The Labute approximate surface area is 133 Å². The minimum absolute atomic E-state index is 0.187. The van der Waals surface area contributed by atoms with Crippen molar-refractivity contribution in [1.29, 1.82) is 0 Å². The summed E-state index contributed by atoms with van der Waals surface area (Å²) < 4.78 is 31.7. The zero-order chi connectivity index (χ0) is 15.9. The number of hydrogen-bond donors (Lipinski definition) is 0. The molecule has 0 bridgehead atoms. The van der Waals surface area contributed by atoms with Crippen LogP contribution in [0.15, 0.2) is 52.0 Å². The number of rotatable bonds is 3. The van der Waals surface area contributed by atoms with Crippen LogP contribution in [0.3, 0.4) is 0 Å². The second-order valence-electron chi connectivity index (χ2n) is 4.98. The van der Waals surface area contributed by atoms with Crippen molar-refractivity contribution in [2.24, 2.45) is 0 Å². The third-order valence-corrected chi connectivity index (χ3v) is 5.12. The Morgan fingerprint density at radius 1 is 1.14 bits per heavy atom. The standard InChI is InChI=1S/C15H13ClN2O3S/c1-10-3-5-13(6-4-10)22(19,20)18-9-12(16)8-15(18)14-7-11(2)21-17-14/h3-9H,1-2H3. The van der Waals surface area contributed by atoms with Crippen molar-refractivity contribution < 1.29 is 12.9 Å². The molecule has 5 nitrogen and oxygen atoms in total. The van der Waals surface area contributed by atoms with Crippen LogP contribution in [0.5, 0.6) is 0 Å². The Hall–Kier alpha value is -2.05. The molecule has 0 unspecified atom stereocenters. The summed E-state index contributed by atoms with van der Waals surface area (Å²) in [7, 11) is -3.75. The van der Waals surface area contributed by atoms with E-state index in [1.165, 1.54) is 6.20 Å². The molecule has 0 radical (unpaired) electrons. The second kappa shape index (κ2) is 5.30. The predicted octanol–water partition coefficient (Wildman–Crippen LogP) is 3.65. The topological polar surface area (TPSA) is 65.1 Å². The molecule has 0 spiro atoms. The Bertz CT molecular complexity index is 924. The maximum absolute atomic E-state index is 12.8. The Balaban J connectivity index is 2.17. The van der Waals surface area contributed by atoms with Gasteiger partial charge in [0.2, 0.25) is 0 Å². The number of aromatic nitrogens is 2. The summed E-state index contributed by atoms with van der Waals surface area (Å²) in [4.78, 5) is 0.187. The normalized spacial score (nSPS) is 11.8. The van der Waals surface area contributed by atoms with Crippen LogP contribution in [0.1, 0.15) is 11.3 Å². The maximum Gasteiger partial charge on any atom is 0.268 e. The van der Waals surface area contributed by atoms with Gasteiger partial charge in [0.05, 0.1) is 15.6 Å². The van der Waals surface area contributed by atoms with Crippen molar-refractivity contribution in [1.82, 2.24) is 9.13 Å². The van der Waals surface area contributed by atoms with E-state index < -0.39 is 10.0 Å². The molecule has 0 atom stereocenters. The van der Waals surface area contributed by atoms with Crippen molar-refractivity contribution >= 4 is 21.6 Å². The van der Waals surface area contributed by atoms with Crippen molar-refractivity contribution in [2.45, 2.75) is 18.7 Å². The Morgan fingerprint density at radius 3 is 2.41 bits per heavy atom. The highest BCUT2D eigenvalue weighted by atomic mass is 35.5. The van der Waals surface area contributed by atoms with Gasteiger partial charge in [0.25, 0.3) is 10.0 Å². The van der Waals surface area contributed by atoms with Gasteiger partial charge in [-0.1, -0.05) is 34.5 Å². The highest BCUT2D eigenvalue weighted by Gasteiger charge is 2.23. The SMILES string of the molecule is Cc1ccc(S(=O)(=O)n2cc(Cl)cc2-c2cc(C)on2)cc1. The lowest BCUT2D eigenvalue weighted by molar-refractivity contribution is 0.399. The van der Waals surface area contributed by atoms with E-state index in [1.54, 1.807) is 43.3 Å². The van der Waals surface area contributed by atoms with Gasteiger partial charge in [-0.25, -0.2) is 12.4 Å². The average Bonchev–Trinajstić information content (AvgIpc) is 3.05. The van der Waals surface area contributed by atoms with Crippen LogP contribution in [0.4, 0.5) is 0 Å². The minimum Gasteiger partial charge on any atom is -0.361 e. The summed E-state index contributed by atoms with van der Waals surface area (Å²) in [6.45, 7) is 3.63. The maximum atomic E-state index is 12.8. The largest absolute Gasteiger partial charge is 0.361 e. The van der Waals surface area contributed by atoms with Gasteiger partial charge in [-0.15, -0.1) is 0 Å². The number of halogens is 1. The van der Waals surface area contributed by atoms with E-state index >= 15 is 0 Å². The Morgan fingerprint density at radius 2 is 1.82 bits per heavy atom. The summed E-state index contributed by atoms with van der Waals surface area (Å²) in [5.41, 5.74) is 1.76. The van der Waals surface area contributed by atoms with E-state index in [4.69, 9.17) is 16.1 Å². The highest BCUT2D eigenvalue weighted by Crippen LogP contribution is 2.28. The molecule has 2 heterocycles. The molecule has 0 aliphatic carbocycles. The van der Waals surface area contributed by atoms with Gasteiger partial charge in [0.15, 0.2) is 0 Å². The van der Waals surface area contributed by atoms with Crippen molar-refractivity contribution in [3.8, 4) is 11.4 Å². The minimum atomic E-state index is -3.75. The summed E-state index contributed by atoms with van der Waals surface area (Å²) >= 11 is 6.00. The molecule has 7 heteroatoms. The molecule has 2 aromatic heterocycles. The molecule has 0 N–H and O–H groups in total. The smallest absolute Gasteiger partial charge is 0.268 e. The number of benzene rings is 1. The van der Waals surface area contributed by atoms with Crippen LogP contribution >= 0.6 is 11.6 Å². The Kier molecular flexibility index (Phi) is 3.58. The number of nitrogens with zero attached hydrogens (tertiary/aromatic N) is 2. The fraction of sp³-hybridized carbons (Fsp3) is 0.133. The van der Waals surface area contributed by atoms with Gasteiger partial charge in [-0.05, 0) is 32.0 Å². The molecule has 3 aromatic rings. The van der Waals surface area contributed by atoms with E-state index in [1.807, 2.05) is 6.92 Å². The van der Waals surface area contributed by atoms with Crippen LogP contribution in [-0.2, 0) is 10.0 Å². The fourth-order valence-electron chi connectivity index (χ4n) is 2.11. The van der Waals surface area contributed by atoms with Crippen LogP contribution < -0.4 is 0 Å². The molecule has 0 fully saturated rings. The predicted molar refractivity (Wildman–Crippen MR) is 83.4 cm³/mol. The molecule has 22 heavy (non-hydrogen) atoms. The van der Waals surface area contributed by atoms with Crippen LogP contribution in [0, 0.1) is 13.8 Å². The summed E-state index contributed by atoms with van der Waals surface area (Å²) in [6, 6.07) is 9.83. The lowest BCUT2D eigenvalue weighted by atomic mass is 10.2.